The SMILES string of the molecule is COC1(C2CC3CC2C2C4C=CC(C4)C32)COC(OC)(C(F)(F)F)C1(F)F. The van der Waals surface area contributed by atoms with E-state index in [9.17, 15) is 13.2 Å². The van der Waals surface area contributed by atoms with Gasteiger partial charge in [-0.05, 0) is 60.7 Å². The lowest BCUT2D eigenvalue weighted by atomic mass is 9.63. The lowest BCUT2D eigenvalue weighted by Crippen LogP contribution is -2.67. The molecule has 4 fully saturated rings. The number of methoxy groups -OCH3 is 2. The van der Waals surface area contributed by atoms with Crippen LogP contribution in [0, 0.1) is 41.4 Å². The molecule has 4 bridgehead atoms. The van der Waals surface area contributed by atoms with Crippen LogP contribution in [0.3, 0.4) is 0 Å². The van der Waals surface area contributed by atoms with Gasteiger partial charge in [-0.25, -0.2) is 0 Å². The molecule has 1 saturated heterocycles. The quantitative estimate of drug-likeness (QED) is 0.411. The van der Waals surface area contributed by atoms with E-state index in [1.54, 1.807) is 0 Å². The minimum absolute atomic E-state index is 0.0599. The van der Waals surface area contributed by atoms with E-state index in [4.69, 9.17) is 9.47 Å². The average molecular weight is 394 g/mol. The number of rotatable bonds is 3. The Labute approximate surface area is 154 Å². The number of alkyl halides is 5. The van der Waals surface area contributed by atoms with Crippen LogP contribution in [0.25, 0.3) is 0 Å². The van der Waals surface area contributed by atoms with Gasteiger partial charge in [-0.1, -0.05) is 12.2 Å². The molecule has 152 valence electrons. The van der Waals surface area contributed by atoms with Crippen LogP contribution >= 0.6 is 0 Å². The molecule has 0 radical (unpaired) electrons. The van der Waals surface area contributed by atoms with Gasteiger partial charge in [-0.15, -0.1) is 0 Å². The fourth-order valence-corrected chi connectivity index (χ4v) is 7.46. The molecule has 0 aromatic carbocycles. The van der Waals surface area contributed by atoms with Crippen LogP contribution in [-0.4, -0.2) is 44.3 Å². The molecule has 5 aliphatic rings. The summed E-state index contributed by atoms with van der Waals surface area (Å²) >= 11 is 0. The summed E-state index contributed by atoms with van der Waals surface area (Å²) in [6, 6.07) is 0. The first-order valence-electron chi connectivity index (χ1n) is 9.50. The molecular formula is C19H23F5O3. The zero-order valence-electron chi connectivity index (χ0n) is 15.1. The van der Waals surface area contributed by atoms with Gasteiger partial charge in [0.05, 0.1) is 6.61 Å². The maximum Gasteiger partial charge on any atom is 0.450 e. The molecule has 0 aromatic rings. The first-order chi connectivity index (χ1) is 12.6. The van der Waals surface area contributed by atoms with Gasteiger partial charge in [0.25, 0.3) is 0 Å². The highest BCUT2D eigenvalue weighted by atomic mass is 19.4. The number of ether oxygens (including phenoxy) is 3. The predicted octanol–water partition coefficient (Wildman–Crippen LogP) is 4.04. The summed E-state index contributed by atoms with van der Waals surface area (Å²) < 4.78 is 86.1. The number of hydrogen-bond donors (Lipinski definition) is 0. The van der Waals surface area contributed by atoms with E-state index in [0.717, 1.165) is 20.0 Å². The van der Waals surface area contributed by atoms with Gasteiger partial charge in [-0.2, -0.15) is 22.0 Å². The van der Waals surface area contributed by atoms with E-state index in [1.807, 2.05) is 0 Å². The van der Waals surface area contributed by atoms with Crippen molar-refractivity contribution in [3.05, 3.63) is 12.2 Å². The smallest absolute Gasteiger partial charge is 0.369 e. The zero-order valence-corrected chi connectivity index (χ0v) is 15.1. The Bertz CT molecular complexity index is 679. The fourth-order valence-electron chi connectivity index (χ4n) is 7.46. The first-order valence-corrected chi connectivity index (χ1v) is 9.50. The first kappa shape index (κ1) is 18.3. The summed E-state index contributed by atoms with van der Waals surface area (Å²) in [6.07, 6.45) is 1.34. The van der Waals surface area contributed by atoms with E-state index in [2.05, 4.69) is 16.9 Å². The van der Waals surface area contributed by atoms with Crippen LogP contribution in [0.4, 0.5) is 22.0 Å². The fraction of sp³-hybridized carbons (Fsp3) is 0.895. The highest BCUT2D eigenvalue weighted by Gasteiger charge is 2.86. The van der Waals surface area contributed by atoms with Gasteiger partial charge >= 0.3 is 17.9 Å². The molecule has 8 heteroatoms. The molecule has 3 nitrogen and oxygen atoms in total. The van der Waals surface area contributed by atoms with Crippen molar-refractivity contribution in [2.24, 2.45) is 41.4 Å². The van der Waals surface area contributed by atoms with Crippen LogP contribution in [0.15, 0.2) is 12.2 Å². The lowest BCUT2D eigenvalue weighted by molar-refractivity contribution is -0.419. The molecule has 0 aromatic heterocycles. The summed E-state index contributed by atoms with van der Waals surface area (Å²) in [5, 5.41) is 0. The van der Waals surface area contributed by atoms with E-state index < -0.39 is 36.0 Å². The number of hydrogen-bond acceptors (Lipinski definition) is 3. The Kier molecular flexibility index (Phi) is 3.56. The van der Waals surface area contributed by atoms with Crippen molar-refractivity contribution in [2.75, 3.05) is 20.8 Å². The second-order valence-corrected chi connectivity index (χ2v) is 8.88. The highest BCUT2D eigenvalue weighted by Crippen LogP contribution is 2.71. The van der Waals surface area contributed by atoms with Crippen LogP contribution in [-0.2, 0) is 14.2 Å². The Morgan fingerprint density at radius 1 is 0.963 bits per heavy atom. The van der Waals surface area contributed by atoms with Gasteiger partial charge in [0.1, 0.15) is 0 Å². The third kappa shape index (κ3) is 1.84. The van der Waals surface area contributed by atoms with Crippen molar-refractivity contribution in [2.45, 2.75) is 42.7 Å². The average Bonchev–Trinajstić information content (AvgIpc) is 3.38. The maximum atomic E-state index is 15.5. The monoisotopic (exact) mass is 394 g/mol. The molecule has 27 heavy (non-hydrogen) atoms. The Balaban J connectivity index is 1.54. The Morgan fingerprint density at radius 2 is 1.63 bits per heavy atom. The normalized spacial score (nSPS) is 54.9. The second-order valence-electron chi connectivity index (χ2n) is 8.88. The summed E-state index contributed by atoms with van der Waals surface area (Å²) in [7, 11) is 1.69. The lowest BCUT2D eigenvalue weighted by Gasteiger charge is -2.47. The van der Waals surface area contributed by atoms with Gasteiger partial charge in [0.15, 0.2) is 5.60 Å². The molecule has 1 aliphatic heterocycles. The van der Waals surface area contributed by atoms with Crippen molar-refractivity contribution >= 4 is 0 Å². The van der Waals surface area contributed by atoms with Gasteiger partial charge in [0, 0.05) is 14.2 Å². The van der Waals surface area contributed by atoms with Gasteiger partial charge in [-0.3, -0.25) is 0 Å². The van der Waals surface area contributed by atoms with E-state index in [0.29, 0.717) is 31.3 Å². The minimum atomic E-state index is -5.37. The van der Waals surface area contributed by atoms with Crippen molar-refractivity contribution in [1.82, 2.24) is 0 Å². The standard InChI is InChI=1S/C19H23F5O3/c1-25-16(8-27-18(26-2,17(16,20)21)19(22,23)24)13-7-11-6-12(13)15-10-4-3-9(5-10)14(11)15/h3-4,9-15H,5-8H2,1-2H3. The van der Waals surface area contributed by atoms with E-state index in [1.165, 1.54) is 0 Å². The highest BCUT2D eigenvalue weighted by molar-refractivity contribution is 5.25. The number of halogens is 5. The van der Waals surface area contributed by atoms with Gasteiger partial charge in [0.2, 0.25) is 0 Å². The van der Waals surface area contributed by atoms with Crippen LogP contribution in [0.5, 0.6) is 0 Å². The summed E-state index contributed by atoms with van der Waals surface area (Å²) in [5.74, 6) is -7.15. The molecule has 0 spiro atoms. The second kappa shape index (κ2) is 5.25. The van der Waals surface area contributed by atoms with Gasteiger partial charge < -0.3 is 14.2 Å². The summed E-state index contributed by atoms with van der Waals surface area (Å²) in [5.41, 5.74) is -2.32. The third-order valence-corrected chi connectivity index (χ3v) is 8.33. The summed E-state index contributed by atoms with van der Waals surface area (Å²) in [6.45, 7) is -0.820. The Morgan fingerprint density at radius 3 is 2.19 bits per heavy atom. The molecule has 0 N–H and O–H groups in total. The maximum absolute atomic E-state index is 15.5. The molecule has 9 atom stereocenters. The topological polar surface area (TPSA) is 27.7 Å². The van der Waals surface area contributed by atoms with E-state index in [-0.39, 0.29) is 17.8 Å². The van der Waals surface area contributed by atoms with Crippen molar-refractivity contribution < 1.29 is 36.2 Å². The number of fused-ring (bicyclic) bond motifs is 9. The van der Waals surface area contributed by atoms with Crippen molar-refractivity contribution in [1.29, 1.82) is 0 Å². The number of allylic oxidation sites excluding steroid dienone is 2. The van der Waals surface area contributed by atoms with Crippen LogP contribution in [0.2, 0.25) is 0 Å². The van der Waals surface area contributed by atoms with Crippen molar-refractivity contribution in [3.8, 4) is 0 Å². The van der Waals surface area contributed by atoms with E-state index >= 15 is 8.78 Å². The molecule has 0 amide bonds. The molecule has 3 saturated carbocycles. The predicted molar refractivity (Wildman–Crippen MR) is 83.9 cm³/mol. The molecule has 5 rings (SSSR count). The third-order valence-electron chi connectivity index (χ3n) is 8.33. The summed E-state index contributed by atoms with van der Waals surface area (Å²) in [4.78, 5) is 0. The van der Waals surface area contributed by atoms with Crippen molar-refractivity contribution in [3.63, 3.8) is 0 Å². The molecular weight excluding hydrogens is 371 g/mol. The zero-order chi connectivity index (χ0) is 19.4. The minimum Gasteiger partial charge on any atom is -0.369 e. The molecule has 9 unspecified atom stereocenters. The molecule has 1 heterocycles. The largest absolute Gasteiger partial charge is 0.450 e. The van der Waals surface area contributed by atoms with Crippen LogP contribution in [0.1, 0.15) is 19.3 Å². The van der Waals surface area contributed by atoms with Crippen LogP contribution < -0.4 is 0 Å². The molecule has 4 aliphatic carbocycles. The Hall–Kier alpha value is -0.730.